The average Bonchev–Trinajstić information content (AvgIpc) is 2.84. The van der Waals surface area contributed by atoms with Crippen LogP contribution in [0.15, 0.2) is 23.5 Å². The van der Waals surface area contributed by atoms with Gasteiger partial charge in [0.2, 0.25) is 0 Å². The molecule has 10 heteroatoms. The molecule has 3 heterocycles. The lowest BCUT2D eigenvalue weighted by Gasteiger charge is -2.39. The number of rotatable bonds is 6. The van der Waals surface area contributed by atoms with Gasteiger partial charge in [-0.2, -0.15) is 0 Å². The molecule has 0 N–H and O–H groups in total. The lowest BCUT2D eigenvalue weighted by atomic mass is 9.93. The first-order chi connectivity index (χ1) is 15.8. The van der Waals surface area contributed by atoms with Gasteiger partial charge in [0.1, 0.15) is 17.0 Å². The van der Waals surface area contributed by atoms with Crippen LogP contribution in [0.4, 0.5) is 5.82 Å². The highest BCUT2D eigenvalue weighted by Crippen LogP contribution is 2.46. The minimum atomic E-state index is -0.143. The average molecular weight is 509 g/mol. The molecule has 0 unspecified atom stereocenters. The van der Waals surface area contributed by atoms with Gasteiger partial charge in [0.25, 0.3) is 0 Å². The van der Waals surface area contributed by atoms with Crippen molar-refractivity contribution < 1.29 is 14.2 Å². The number of thioether (sulfide) groups is 1. The van der Waals surface area contributed by atoms with Crippen molar-refractivity contribution in [3.05, 3.63) is 28.4 Å². The summed E-state index contributed by atoms with van der Waals surface area (Å²) >= 11 is 14.9. The highest BCUT2D eigenvalue weighted by atomic mass is 35.5. The van der Waals surface area contributed by atoms with Gasteiger partial charge in [-0.05, 0) is 32.1 Å². The van der Waals surface area contributed by atoms with Gasteiger partial charge >= 0.3 is 0 Å². The number of nitrogens with zero attached hydrogens (tertiary/aromatic N) is 4. The number of fused-ring (bicyclic) bond motifs is 1. The molecule has 1 saturated heterocycles. The van der Waals surface area contributed by atoms with Crippen molar-refractivity contribution in [1.29, 1.82) is 0 Å². The summed E-state index contributed by atoms with van der Waals surface area (Å²) in [6, 6.07) is 3.57. The van der Waals surface area contributed by atoms with Crippen LogP contribution in [-0.2, 0) is 4.74 Å². The van der Waals surface area contributed by atoms with Gasteiger partial charge in [0.05, 0.1) is 35.6 Å². The summed E-state index contributed by atoms with van der Waals surface area (Å²) in [5, 5.41) is 2.28. The molecule has 0 aliphatic carbocycles. The quantitative estimate of drug-likeness (QED) is 0.308. The molecular weight excluding hydrogens is 483 g/mol. The number of methoxy groups -OCH3 is 3. The fraction of sp³-hybridized carbons (Fsp3) is 0.435. The Kier molecular flexibility index (Phi) is 7.09. The largest absolute Gasteiger partial charge is 0.495 e. The maximum Gasteiger partial charge on any atom is 0.187 e. The Labute approximate surface area is 207 Å². The van der Waals surface area contributed by atoms with Gasteiger partial charge in [0.15, 0.2) is 11.0 Å². The number of aromatic nitrogens is 3. The van der Waals surface area contributed by atoms with Crippen molar-refractivity contribution in [2.24, 2.45) is 0 Å². The van der Waals surface area contributed by atoms with Crippen LogP contribution >= 0.6 is 35.0 Å². The third-order valence-electron chi connectivity index (χ3n) is 6.15. The Morgan fingerprint density at radius 1 is 1.00 bits per heavy atom. The van der Waals surface area contributed by atoms with Crippen LogP contribution in [-0.4, -0.2) is 61.2 Å². The van der Waals surface area contributed by atoms with E-state index in [1.807, 2.05) is 18.5 Å². The summed E-state index contributed by atoms with van der Waals surface area (Å²) in [5.41, 5.74) is 1.80. The molecule has 3 aromatic rings. The predicted octanol–water partition coefficient (Wildman–Crippen LogP) is 5.74. The monoisotopic (exact) mass is 508 g/mol. The van der Waals surface area contributed by atoms with Crippen LogP contribution in [0.3, 0.4) is 0 Å². The smallest absolute Gasteiger partial charge is 0.187 e. The second kappa shape index (κ2) is 9.70. The van der Waals surface area contributed by atoms with Crippen molar-refractivity contribution in [1.82, 2.24) is 15.0 Å². The van der Waals surface area contributed by atoms with Crippen LogP contribution in [0.2, 0.25) is 10.0 Å². The molecule has 176 valence electrons. The fourth-order valence-electron chi connectivity index (χ4n) is 3.96. The molecule has 1 aliphatic rings. The Morgan fingerprint density at radius 3 is 2.18 bits per heavy atom. The Balaban J connectivity index is 1.92. The first kappa shape index (κ1) is 24.1. The van der Waals surface area contributed by atoms with Crippen LogP contribution in [0.5, 0.6) is 11.5 Å². The summed E-state index contributed by atoms with van der Waals surface area (Å²) in [4.78, 5) is 16.5. The van der Waals surface area contributed by atoms with Crippen LogP contribution < -0.4 is 14.4 Å². The van der Waals surface area contributed by atoms with Crippen molar-refractivity contribution in [3.63, 3.8) is 0 Å². The predicted molar refractivity (Wildman–Crippen MR) is 135 cm³/mol. The summed E-state index contributed by atoms with van der Waals surface area (Å²) in [7, 11) is 4.87. The first-order valence-corrected chi connectivity index (χ1v) is 12.4. The van der Waals surface area contributed by atoms with Crippen LogP contribution in [0.1, 0.15) is 19.8 Å². The molecule has 1 aliphatic heterocycles. The van der Waals surface area contributed by atoms with Gasteiger partial charge in [-0.3, -0.25) is 0 Å². The van der Waals surface area contributed by atoms with Gasteiger partial charge in [-0.15, -0.1) is 0 Å². The lowest BCUT2D eigenvalue weighted by molar-refractivity contribution is -0.0133. The van der Waals surface area contributed by atoms with Crippen molar-refractivity contribution in [2.45, 2.75) is 30.5 Å². The molecule has 1 aromatic carbocycles. The number of pyridine rings is 1. The summed E-state index contributed by atoms with van der Waals surface area (Å²) in [5.74, 6) is 1.69. The summed E-state index contributed by atoms with van der Waals surface area (Å²) < 4.78 is 16.6. The maximum absolute atomic E-state index is 6.70. The first-order valence-electron chi connectivity index (χ1n) is 10.5. The normalized spacial score (nSPS) is 15.7. The van der Waals surface area contributed by atoms with Crippen LogP contribution in [0, 0.1) is 0 Å². The molecule has 33 heavy (non-hydrogen) atoms. The number of hydrogen-bond donors (Lipinski definition) is 0. The van der Waals surface area contributed by atoms with Gasteiger partial charge < -0.3 is 19.1 Å². The van der Waals surface area contributed by atoms with Gasteiger partial charge in [0, 0.05) is 43.4 Å². The standard InChI is InChI=1S/C23H26Cl2N4O3S/c1-23(32-4)6-8-29(9-7-23)21-20-13(12-26-22(28-20)33-5)10-14(27-21)17-18(24)15(30-2)11-16(31-3)19(17)25/h10-12H,6-9H2,1-5H3. The Bertz CT molecular complexity index is 1160. The molecule has 2 aromatic heterocycles. The molecule has 4 rings (SSSR count). The van der Waals surface area contributed by atoms with E-state index in [1.54, 1.807) is 27.4 Å². The Hall–Kier alpha value is -2.00. The van der Waals surface area contributed by atoms with Crippen molar-refractivity contribution in [3.8, 4) is 22.8 Å². The van der Waals surface area contributed by atoms with E-state index in [4.69, 9.17) is 47.4 Å². The minimum absolute atomic E-state index is 0.143. The van der Waals surface area contributed by atoms with E-state index in [1.165, 1.54) is 11.8 Å². The number of hydrogen-bond acceptors (Lipinski definition) is 8. The Morgan fingerprint density at radius 2 is 1.64 bits per heavy atom. The van der Waals surface area contributed by atoms with E-state index in [-0.39, 0.29) is 5.60 Å². The van der Waals surface area contributed by atoms with E-state index in [9.17, 15) is 0 Å². The fourth-order valence-corrected chi connectivity index (χ4v) is 4.99. The zero-order chi connectivity index (χ0) is 23.8. The SMILES string of the molecule is COc1cc(OC)c(Cl)c(-c2cc3cnc(SC)nc3c(N3CCC(C)(OC)CC3)n2)c1Cl. The highest BCUT2D eigenvalue weighted by Gasteiger charge is 2.32. The number of anilines is 1. The number of piperidine rings is 1. The van der Waals surface area contributed by atoms with Crippen molar-refractivity contribution >= 4 is 51.7 Å². The minimum Gasteiger partial charge on any atom is -0.495 e. The molecule has 0 bridgehead atoms. The molecular formula is C23H26Cl2N4O3S. The van der Waals surface area contributed by atoms with E-state index in [2.05, 4.69) is 16.8 Å². The molecule has 7 nitrogen and oxygen atoms in total. The van der Waals surface area contributed by atoms with E-state index >= 15 is 0 Å². The summed E-state index contributed by atoms with van der Waals surface area (Å²) in [6.07, 6.45) is 5.53. The molecule has 0 radical (unpaired) electrons. The zero-order valence-electron chi connectivity index (χ0n) is 19.2. The molecule has 0 amide bonds. The number of benzene rings is 1. The van der Waals surface area contributed by atoms with E-state index in [0.29, 0.717) is 38.0 Å². The van der Waals surface area contributed by atoms with Crippen LogP contribution in [0.25, 0.3) is 22.2 Å². The van der Waals surface area contributed by atoms with E-state index < -0.39 is 0 Å². The second-order valence-corrected chi connectivity index (χ2v) is 9.58. The van der Waals surface area contributed by atoms with Gasteiger partial charge in [-0.1, -0.05) is 35.0 Å². The zero-order valence-corrected chi connectivity index (χ0v) is 21.6. The molecule has 1 fully saturated rings. The third-order valence-corrected chi connectivity index (χ3v) is 7.46. The van der Waals surface area contributed by atoms with Crippen molar-refractivity contribution in [2.75, 3.05) is 45.6 Å². The maximum atomic E-state index is 6.70. The molecule has 0 spiro atoms. The topological polar surface area (TPSA) is 69.6 Å². The highest BCUT2D eigenvalue weighted by molar-refractivity contribution is 7.98. The third kappa shape index (κ3) is 4.54. The lowest BCUT2D eigenvalue weighted by Crippen LogP contribution is -2.44. The number of halogens is 2. The molecule has 0 atom stereocenters. The second-order valence-electron chi connectivity index (χ2n) is 8.05. The van der Waals surface area contributed by atoms with Gasteiger partial charge in [-0.25, -0.2) is 15.0 Å². The van der Waals surface area contributed by atoms with E-state index in [0.717, 1.165) is 42.7 Å². The number of ether oxygens (including phenoxy) is 3. The molecule has 0 saturated carbocycles. The summed E-state index contributed by atoms with van der Waals surface area (Å²) in [6.45, 7) is 3.72.